The van der Waals surface area contributed by atoms with Gasteiger partial charge in [0.25, 0.3) is 0 Å². The molecule has 7 heteroatoms. The first-order valence-corrected chi connectivity index (χ1v) is 6.62. The number of rotatable bonds is 2. The highest BCUT2D eigenvalue weighted by atomic mass is 32.3. The number of ether oxygens (including phenoxy) is 2. The number of carbonyl (C=O) groups excluding carboxylic acids is 1. The molecule has 0 bridgehead atoms. The molecule has 0 N–H and O–H groups in total. The summed E-state index contributed by atoms with van der Waals surface area (Å²) in [6, 6.07) is 3.67. The zero-order valence-corrected chi connectivity index (χ0v) is 10.4. The average Bonchev–Trinajstić information content (AvgIpc) is 2.35. The van der Waals surface area contributed by atoms with E-state index < -0.39 is 27.2 Å². The van der Waals surface area contributed by atoms with Crippen LogP contribution in [0.15, 0.2) is 23.1 Å². The second-order valence-electron chi connectivity index (χ2n) is 3.88. The van der Waals surface area contributed by atoms with Gasteiger partial charge in [-0.3, -0.25) is 0 Å². The largest absolute Gasteiger partial charge is 0.478 e. The van der Waals surface area contributed by atoms with E-state index in [1.165, 1.54) is 19.2 Å². The third-order valence-electron chi connectivity index (χ3n) is 2.72. The molecule has 0 saturated carbocycles. The second-order valence-corrected chi connectivity index (χ2v) is 5.22. The molecule has 0 radical (unpaired) electrons. The molecule has 1 aliphatic rings. The lowest BCUT2D eigenvalue weighted by Crippen LogP contribution is -2.32. The molecule has 1 unspecified atom stereocenters. The third-order valence-corrected chi connectivity index (χ3v) is 3.54. The highest BCUT2D eigenvalue weighted by Crippen LogP contribution is 2.30. The molecule has 0 spiro atoms. The number of carbonyl (C=O) groups is 1. The maximum atomic E-state index is 12.8. The molecule has 1 atom stereocenters. The Balaban J connectivity index is 2.29. The number of halogens is 1. The number of fused-ring (bicyclic) bond motifs is 1. The fraction of sp³-hybridized carbons (Fsp3) is 0.364. The van der Waals surface area contributed by atoms with E-state index in [9.17, 15) is 17.1 Å². The van der Waals surface area contributed by atoms with Crippen molar-refractivity contribution < 1.29 is 26.6 Å². The maximum absolute atomic E-state index is 12.8. The summed E-state index contributed by atoms with van der Waals surface area (Å²) in [7, 11) is -3.45. The van der Waals surface area contributed by atoms with Gasteiger partial charge in [-0.25, -0.2) is 4.79 Å². The number of hydrogen-bond acceptors (Lipinski definition) is 5. The molecule has 0 aromatic heterocycles. The van der Waals surface area contributed by atoms with Crippen molar-refractivity contribution in [3.8, 4) is 5.75 Å². The van der Waals surface area contributed by atoms with E-state index in [2.05, 4.69) is 4.74 Å². The van der Waals surface area contributed by atoms with Crippen molar-refractivity contribution in [2.75, 3.05) is 7.11 Å². The topological polar surface area (TPSA) is 69.7 Å². The molecular weight excluding hydrogens is 263 g/mol. The molecule has 0 saturated heterocycles. The first kappa shape index (κ1) is 12.8. The zero-order chi connectivity index (χ0) is 13.3. The molecular formula is C11H11FO5S. The molecule has 0 aliphatic carbocycles. The Labute approximate surface area is 104 Å². The lowest BCUT2D eigenvalue weighted by atomic mass is 10.0. The Morgan fingerprint density at radius 3 is 2.83 bits per heavy atom. The Morgan fingerprint density at radius 2 is 2.22 bits per heavy atom. The summed E-state index contributed by atoms with van der Waals surface area (Å²) in [6.07, 6.45) is 0.101. The third kappa shape index (κ3) is 2.45. The predicted octanol–water partition coefficient (Wildman–Crippen LogP) is 1.21. The van der Waals surface area contributed by atoms with Crippen LogP contribution in [-0.2, 0) is 26.2 Å². The van der Waals surface area contributed by atoms with Crippen molar-refractivity contribution in [1.29, 1.82) is 0 Å². The summed E-state index contributed by atoms with van der Waals surface area (Å²) in [5, 5.41) is 0. The Bertz CT molecular complexity index is 581. The summed E-state index contributed by atoms with van der Waals surface area (Å²) in [5.41, 5.74) is 0.564. The van der Waals surface area contributed by atoms with Gasteiger partial charge in [-0.2, -0.15) is 8.42 Å². The number of esters is 1. The SMILES string of the molecule is COC(=O)C1CCc2cc(S(=O)(=O)F)ccc2O1. The van der Waals surface area contributed by atoms with Crippen LogP contribution < -0.4 is 4.74 Å². The van der Waals surface area contributed by atoms with E-state index in [1.54, 1.807) is 0 Å². The minimum atomic E-state index is -4.72. The molecule has 1 heterocycles. The fourth-order valence-corrected chi connectivity index (χ4v) is 2.33. The van der Waals surface area contributed by atoms with Gasteiger partial charge >= 0.3 is 16.2 Å². The van der Waals surface area contributed by atoms with Crippen LogP contribution in [0.2, 0.25) is 0 Å². The number of methoxy groups -OCH3 is 1. The highest BCUT2D eigenvalue weighted by molar-refractivity contribution is 7.86. The Morgan fingerprint density at radius 1 is 1.50 bits per heavy atom. The minimum absolute atomic E-state index is 0.370. The maximum Gasteiger partial charge on any atom is 0.347 e. The Kier molecular flexibility index (Phi) is 3.25. The van der Waals surface area contributed by atoms with Crippen molar-refractivity contribution in [1.82, 2.24) is 0 Å². The molecule has 1 aliphatic heterocycles. The normalized spacial score (nSPS) is 18.7. The van der Waals surface area contributed by atoms with Crippen molar-refractivity contribution in [3.05, 3.63) is 23.8 Å². The lowest BCUT2D eigenvalue weighted by Gasteiger charge is -2.24. The quantitative estimate of drug-likeness (QED) is 0.599. The average molecular weight is 274 g/mol. The minimum Gasteiger partial charge on any atom is -0.478 e. The number of benzene rings is 1. The van der Waals surface area contributed by atoms with Crippen LogP contribution in [0.3, 0.4) is 0 Å². The summed E-state index contributed by atoms with van der Waals surface area (Å²) < 4.78 is 44.2. The van der Waals surface area contributed by atoms with Crippen molar-refractivity contribution in [2.24, 2.45) is 0 Å². The molecule has 1 aromatic rings. The van der Waals surface area contributed by atoms with Crippen LogP contribution in [0.5, 0.6) is 5.75 Å². The van der Waals surface area contributed by atoms with E-state index >= 15 is 0 Å². The lowest BCUT2D eigenvalue weighted by molar-refractivity contribution is -0.149. The van der Waals surface area contributed by atoms with Gasteiger partial charge in [0, 0.05) is 0 Å². The molecule has 0 amide bonds. The van der Waals surface area contributed by atoms with Crippen LogP contribution in [0.25, 0.3) is 0 Å². The Hall–Kier alpha value is -1.63. The van der Waals surface area contributed by atoms with E-state index in [0.29, 0.717) is 24.2 Å². The van der Waals surface area contributed by atoms with Crippen molar-refractivity contribution in [3.63, 3.8) is 0 Å². The van der Waals surface area contributed by atoms with E-state index in [-0.39, 0.29) is 0 Å². The predicted molar refractivity (Wildman–Crippen MR) is 59.5 cm³/mol. The number of hydrogen-bond donors (Lipinski definition) is 0. The zero-order valence-electron chi connectivity index (χ0n) is 9.55. The first-order valence-electron chi connectivity index (χ1n) is 5.24. The van der Waals surface area contributed by atoms with Gasteiger partial charge in [0.15, 0.2) is 6.10 Å². The number of aryl methyl sites for hydroxylation is 1. The van der Waals surface area contributed by atoms with E-state index in [4.69, 9.17) is 4.74 Å². The van der Waals surface area contributed by atoms with E-state index in [1.807, 2.05) is 0 Å². The van der Waals surface area contributed by atoms with Crippen LogP contribution in [0.1, 0.15) is 12.0 Å². The van der Waals surface area contributed by atoms with Gasteiger partial charge in [0.2, 0.25) is 0 Å². The fourth-order valence-electron chi connectivity index (χ4n) is 1.81. The van der Waals surface area contributed by atoms with Crippen molar-refractivity contribution >= 4 is 16.2 Å². The first-order chi connectivity index (χ1) is 8.41. The highest BCUT2D eigenvalue weighted by Gasteiger charge is 2.27. The molecule has 1 aromatic carbocycles. The summed E-state index contributed by atoms with van der Waals surface area (Å²) in [4.78, 5) is 10.9. The van der Waals surface area contributed by atoms with Gasteiger partial charge in [0.05, 0.1) is 12.0 Å². The van der Waals surface area contributed by atoms with Crippen molar-refractivity contribution in [2.45, 2.75) is 23.8 Å². The van der Waals surface area contributed by atoms with Gasteiger partial charge in [-0.15, -0.1) is 3.89 Å². The summed E-state index contributed by atoms with van der Waals surface area (Å²) in [5.74, 6) is -0.105. The monoisotopic (exact) mass is 274 g/mol. The second kappa shape index (κ2) is 4.56. The molecule has 2 rings (SSSR count). The van der Waals surface area contributed by atoms with E-state index in [0.717, 1.165) is 6.07 Å². The van der Waals surface area contributed by atoms with Crippen LogP contribution >= 0.6 is 0 Å². The van der Waals surface area contributed by atoms with Gasteiger partial charge in [-0.05, 0) is 36.6 Å². The van der Waals surface area contributed by atoms with Crippen LogP contribution in [0, 0.1) is 0 Å². The van der Waals surface area contributed by atoms with Gasteiger partial charge in [-0.1, -0.05) is 0 Å². The smallest absolute Gasteiger partial charge is 0.347 e. The molecule has 5 nitrogen and oxygen atoms in total. The molecule has 98 valence electrons. The summed E-state index contributed by atoms with van der Waals surface area (Å²) >= 11 is 0. The molecule has 0 fully saturated rings. The van der Waals surface area contributed by atoms with Crippen LogP contribution in [0.4, 0.5) is 3.89 Å². The van der Waals surface area contributed by atoms with Crippen LogP contribution in [-0.4, -0.2) is 27.6 Å². The standard InChI is InChI=1S/C11H11FO5S/c1-16-11(13)10-4-2-7-6-8(18(12,14)15)3-5-9(7)17-10/h3,5-6,10H,2,4H2,1H3. The van der Waals surface area contributed by atoms with Gasteiger partial charge < -0.3 is 9.47 Å². The molecule has 18 heavy (non-hydrogen) atoms. The summed E-state index contributed by atoms with van der Waals surface area (Å²) in [6.45, 7) is 0. The van der Waals surface area contributed by atoms with Gasteiger partial charge in [0.1, 0.15) is 5.75 Å².